The Labute approximate surface area is 129 Å². The van der Waals surface area contributed by atoms with Crippen LogP contribution in [0.4, 0.5) is 0 Å². The maximum absolute atomic E-state index is 12.0. The van der Waals surface area contributed by atoms with E-state index in [1.807, 2.05) is 0 Å². The highest BCUT2D eigenvalue weighted by Crippen LogP contribution is 2.36. The number of nitrogens with one attached hydrogen (secondary N) is 1. The summed E-state index contributed by atoms with van der Waals surface area (Å²) in [7, 11) is 0. The average Bonchev–Trinajstić information content (AvgIpc) is 3.18. The molecule has 1 aliphatic rings. The molecule has 8 nitrogen and oxygen atoms in total. The zero-order valence-electron chi connectivity index (χ0n) is 11.5. The van der Waals surface area contributed by atoms with E-state index in [4.69, 9.17) is 5.11 Å². The van der Waals surface area contributed by atoms with Crippen molar-refractivity contribution in [2.45, 2.75) is 17.9 Å². The van der Waals surface area contributed by atoms with Crippen molar-refractivity contribution in [3.63, 3.8) is 0 Å². The van der Waals surface area contributed by atoms with Crippen LogP contribution in [-0.4, -0.2) is 49.0 Å². The number of aromatic nitrogens is 3. The summed E-state index contributed by atoms with van der Waals surface area (Å²) < 4.78 is 1.49. The lowest BCUT2D eigenvalue weighted by molar-refractivity contribution is -0.135. The van der Waals surface area contributed by atoms with Gasteiger partial charge in [0.25, 0.3) is 5.91 Å². The fourth-order valence-corrected chi connectivity index (χ4v) is 3.18. The van der Waals surface area contributed by atoms with E-state index in [9.17, 15) is 14.7 Å². The van der Waals surface area contributed by atoms with Gasteiger partial charge in [0, 0.05) is 11.8 Å². The van der Waals surface area contributed by atoms with Crippen LogP contribution in [0.25, 0.3) is 5.65 Å². The van der Waals surface area contributed by atoms with Crippen LogP contribution in [0.2, 0.25) is 0 Å². The highest BCUT2D eigenvalue weighted by atomic mass is 32.2. The number of fused-ring (bicyclic) bond motifs is 1. The van der Waals surface area contributed by atoms with Crippen molar-refractivity contribution in [1.82, 2.24) is 19.9 Å². The van der Waals surface area contributed by atoms with Gasteiger partial charge in [0.15, 0.2) is 5.65 Å². The number of hydrogen-bond acceptors (Lipinski definition) is 6. The molecule has 0 saturated heterocycles. The van der Waals surface area contributed by atoms with E-state index in [0.29, 0.717) is 10.9 Å². The lowest BCUT2D eigenvalue weighted by Crippen LogP contribution is -2.29. The van der Waals surface area contributed by atoms with Gasteiger partial charge in [0.1, 0.15) is 29.2 Å². The first-order valence-electron chi connectivity index (χ1n) is 6.74. The fraction of sp³-hybridized carbons (Fsp3) is 0.385. The second-order valence-corrected chi connectivity index (χ2v) is 6.11. The average molecular weight is 322 g/mol. The van der Waals surface area contributed by atoms with Crippen molar-refractivity contribution in [3.05, 3.63) is 18.0 Å². The molecule has 0 radical (unpaired) electrons. The normalized spacial score (nSPS) is 14.2. The van der Waals surface area contributed by atoms with E-state index >= 15 is 0 Å². The molecular formula is C13H14N4O4S. The largest absolute Gasteiger partial charge is 0.507 e. The van der Waals surface area contributed by atoms with Crippen LogP contribution in [0.3, 0.4) is 0 Å². The van der Waals surface area contributed by atoms with Gasteiger partial charge in [-0.1, -0.05) is 0 Å². The summed E-state index contributed by atoms with van der Waals surface area (Å²) in [6.45, 7) is -0.531. The Morgan fingerprint density at radius 1 is 1.45 bits per heavy atom. The van der Waals surface area contributed by atoms with Gasteiger partial charge in [-0.3, -0.25) is 9.59 Å². The number of carbonyl (C=O) groups excluding carboxylic acids is 1. The quantitative estimate of drug-likeness (QED) is 0.672. The Kier molecular flexibility index (Phi) is 3.88. The van der Waals surface area contributed by atoms with Crippen molar-refractivity contribution < 1.29 is 19.8 Å². The molecule has 0 aliphatic heterocycles. The van der Waals surface area contributed by atoms with Crippen LogP contribution in [0, 0.1) is 5.92 Å². The number of carbonyl (C=O) groups is 2. The monoisotopic (exact) mass is 322 g/mol. The van der Waals surface area contributed by atoms with Gasteiger partial charge in [-0.15, -0.1) is 11.8 Å². The van der Waals surface area contributed by atoms with Crippen molar-refractivity contribution in [2.75, 3.05) is 12.3 Å². The summed E-state index contributed by atoms with van der Waals surface area (Å²) in [6.07, 6.45) is 3.73. The van der Waals surface area contributed by atoms with Gasteiger partial charge in [-0.05, 0) is 18.8 Å². The summed E-state index contributed by atoms with van der Waals surface area (Å²) in [5.74, 6) is -0.469. The van der Waals surface area contributed by atoms with E-state index in [0.717, 1.165) is 5.75 Å². The number of pyridine rings is 1. The summed E-state index contributed by atoms with van der Waals surface area (Å²) >= 11 is 1.55. The molecule has 2 aromatic heterocycles. The minimum atomic E-state index is -1.16. The number of aromatic hydroxyl groups is 1. The lowest BCUT2D eigenvalue weighted by atomic mass is 10.2. The highest BCUT2D eigenvalue weighted by molar-refractivity contribution is 7.99. The third kappa shape index (κ3) is 2.98. The van der Waals surface area contributed by atoms with E-state index in [2.05, 4.69) is 15.4 Å². The first kappa shape index (κ1) is 14.6. The molecule has 1 fully saturated rings. The lowest BCUT2D eigenvalue weighted by Gasteiger charge is -2.10. The summed E-state index contributed by atoms with van der Waals surface area (Å²) in [4.78, 5) is 26.6. The van der Waals surface area contributed by atoms with E-state index in [1.165, 1.54) is 29.8 Å². The molecular weight excluding hydrogens is 308 g/mol. The molecule has 3 rings (SSSR count). The molecule has 0 unspecified atom stereocenters. The standard InChI is InChI=1S/C13H14N4O4S/c18-8-3-9(22-5-7-1-2-7)17-12(15-6-16-17)11(8)13(21)14-4-10(19)20/h3,6-7,18H,1-2,4-5H2,(H,14,21)(H,19,20). The minimum absolute atomic E-state index is 0.0745. The van der Waals surface area contributed by atoms with Crippen LogP contribution in [0.1, 0.15) is 23.2 Å². The van der Waals surface area contributed by atoms with E-state index < -0.39 is 18.4 Å². The highest BCUT2D eigenvalue weighted by Gasteiger charge is 2.24. The number of thioether (sulfide) groups is 1. The molecule has 0 aromatic carbocycles. The molecule has 1 saturated carbocycles. The van der Waals surface area contributed by atoms with Gasteiger partial charge < -0.3 is 15.5 Å². The molecule has 0 bridgehead atoms. The zero-order chi connectivity index (χ0) is 15.7. The third-order valence-corrected chi connectivity index (χ3v) is 4.51. The Morgan fingerprint density at radius 3 is 2.91 bits per heavy atom. The van der Waals surface area contributed by atoms with Crippen molar-refractivity contribution in [3.8, 4) is 5.75 Å². The molecule has 0 spiro atoms. The zero-order valence-corrected chi connectivity index (χ0v) is 12.3. The number of carboxylic acid groups (broad SMARTS) is 1. The van der Waals surface area contributed by atoms with Gasteiger partial charge in [-0.25, -0.2) is 9.50 Å². The predicted molar refractivity (Wildman–Crippen MR) is 78.1 cm³/mol. The summed E-state index contributed by atoms with van der Waals surface area (Å²) in [5, 5.41) is 25.7. The first-order valence-corrected chi connectivity index (χ1v) is 7.73. The molecule has 116 valence electrons. The molecule has 2 heterocycles. The Morgan fingerprint density at radius 2 is 2.23 bits per heavy atom. The van der Waals surface area contributed by atoms with Crippen LogP contribution in [0.15, 0.2) is 17.4 Å². The molecule has 1 aliphatic carbocycles. The second kappa shape index (κ2) is 5.84. The molecule has 3 N–H and O–H groups in total. The van der Waals surface area contributed by atoms with Crippen molar-refractivity contribution >= 4 is 29.3 Å². The van der Waals surface area contributed by atoms with Crippen LogP contribution in [-0.2, 0) is 4.79 Å². The van der Waals surface area contributed by atoms with Gasteiger partial charge in [0.2, 0.25) is 0 Å². The summed E-state index contributed by atoms with van der Waals surface area (Å²) in [5.41, 5.74) is 0.135. The SMILES string of the molecule is O=C(O)CNC(=O)c1c(O)cc(SCC2CC2)n2ncnc12. The van der Waals surface area contributed by atoms with Crippen LogP contribution < -0.4 is 5.32 Å². The first-order chi connectivity index (χ1) is 10.6. The molecule has 9 heteroatoms. The Hall–Kier alpha value is -2.29. The molecule has 0 atom stereocenters. The minimum Gasteiger partial charge on any atom is -0.507 e. The van der Waals surface area contributed by atoms with Gasteiger partial charge in [-0.2, -0.15) is 5.10 Å². The van der Waals surface area contributed by atoms with E-state index in [1.54, 1.807) is 11.8 Å². The summed E-state index contributed by atoms with van der Waals surface area (Å²) in [6, 6.07) is 1.46. The second-order valence-electron chi connectivity index (χ2n) is 5.07. The molecule has 22 heavy (non-hydrogen) atoms. The van der Waals surface area contributed by atoms with E-state index in [-0.39, 0.29) is 17.0 Å². The Balaban J connectivity index is 1.91. The maximum atomic E-state index is 12.0. The number of hydrogen-bond donors (Lipinski definition) is 3. The molecule has 1 amide bonds. The van der Waals surface area contributed by atoms with Crippen LogP contribution >= 0.6 is 11.8 Å². The Bertz CT molecular complexity index is 741. The maximum Gasteiger partial charge on any atom is 0.322 e. The van der Waals surface area contributed by atoms with Crippen molar-refractivity contribution in [1.29, 1.82) is 0 Å². The van der Waals surface area contributed by atoms with Gasteiger partial charge >= 0.3 is 5.97 Å². The van der Waals surface area contributed by atoms with Crippen molar-refractivity contribution in [2.24, 2.45) is 5.92 Å². The number of nitrogens with zero attached hydrogens (tertiary/aromatic N) is 3. The predicted octanol–water partition coefficient (Wildman–Crippen LogP) is 0.751. The molecule has 2 aromatic rings. The number of carboxylic acids is 1. The fourth-order valence-electron chi connectivity index (χ4n) is 1.99. The van der Waals surface area contributed by atoms with Crippen LogP contribution in [0.5, 0.6) is 5.75 Å². The topological polar surface area (TPSA) is 117 Å². The third-order valence-electron chi connectivity index (χ3n) is 3.29. The smallest absolute Gasteiger partial charge is 0.322 e. The number of amides is 1. The van der Waals surface area contributed by atoms with Gasteiger partial charge in [0.05, 0.1) is 0 Å². The number of rotatable bonds is 6. The number of aliphatic carboxylic acids is 1.